The van der Waals surface area contributed by atoms with Crippen molar-refractivity contribution in [2.75, 3.05) is 26.3 Å². The van der Waals surface area contributed by atoms with Gasteiger partial charge in [-0.2, -0.15) is 0 Å². The van der Waals surface area contributed by atoms with Gasteiger partial charge in [-0.25, -0.2) is 0 Å². The third-order valence-electron chi connectivity index (χ3n) is 3.61. The van der Waals surface area contributed by atoms with Crippen LogP contribution in [0.25, 0.3) is 0 Å². The summed E-state index contributed by atoms with van der Waals surface area (Å²) in [5, 5.41) is 3.03. The summed E-state index contributed by atoms with van der Waals surface area (Å²) in [5.41, 5.74) is 5.40. The quantitative estimate of drug-likeness (QED) is 0.704. The predicted octanol–water partition coefficient (Wildman–Crippen LogP) is 2.19. The highest BCUT2D eigenvalue weighted by Gasteiger charge is 2.38. The lowest BCUT2D eigenvalue weighted by Crippen LogP contribution is -2.49. The molecule has 1 saturated heterocycles. The monoisotopic (exact) mass is 430 g/mol. The lowest BCUT2D eigenvalue weighted by atomic mass is 9.79. The first kappa shape index (κ1) is 18.2. The van der Waals surface area contributed by atoms with Crippen LogP contribution in [0.5, 0.6) is 0 Å². The summed E-state index contributed by atoms with van der Waals surface area (Å²) in [6, 6.07) is 4.22. The number of thiophene rings is 1. The van der Waals surface area contributed by atoms with Gasteiger partial charge in [0.25, 0.3) is 0 Å². The zero-order valence-corrected chi connectivity index (χ0v) is 15.0. The molecule has 114 valence electrons. The van der Waals surface area contributed by atoms with Crippen molar-refractivity contribution >= 4 is 52.2 Å². The maximum absolute atomic E-state index is 12.3. The smallest absolute Gasteiger partial charge is 0.227 e. The minimum absolute atomic E-state index is 0. The molecule has 0 radical (unpaired) electrons. The number of rotatable bonds is 5. The molecule has 1 aromatic heterocycles. The van der Waals surface area contributed by atoms with Crippen LogP contribution in [0, 0.1) is 8.30 Å². The molecule has 20 heavy (non-hydrogen) atoms. The van der Waals surface area contributed by atoms with Crippen molar-refractivity contribution in [3.05, 3.63) is 19.9 Å². The van der Waals surface area contributed by atoms with E-state index in [1.165, 1.54) is 7.76 Å². The molecule has 0 atom stereocenters. The molecule has 1 aromatic rings. The molecule has 4 nitrogen and oxygen atoms in total. The van der Waals surface area contributed by atoms with Gasteiger partial charge in [0.15, 0.2) is 0 Å². The van der Waals surface area contributed by atoms with Crippen LogP contribution in [0.2, 0.25) is 0 Å². The topological polar surface area (TPSA) is 64.4 Å². The summed E-state index contributed by atoms with van der Waals surface area (Å²) in [7, 11) is 0. The average Bonchev–Trinajstić information content (AvgIpc) is 2.85. The zero-order valence-electron chi connectivity index (χ0n) is 11.2. The van der Waals surface area contributed by atoms with E-state index in [2.05, 4.69) is 40.0 Å². The molecule has 2 heterocycles. The standard InChI is InChI=1S/C13H19IN2O2S.ClH/c14-11-2-1-10(19-11)3-6-16-12(17)13(9-15)4-7-18-8-5-13;/h1-2H,3-9,15H2,(H,16,17);1H. The van der Waals surface area contributed by atoms with Crippen molar-refractivity contribution < 1.29 is 9.53 Å². The highest BCUT2D eigenvalue weighted by molar-refractivity contribution is 14.1. The maximum atomic E-state index is 12.3. The van der Waals surface area contributed by atoms with Crippen LogP contribution in [-0.4, -0.2) is 32.2 Å². The molecular formula is C13H20ClIN2O2S. The molecule has 0 bridgehead atoms. The Kier molecular flexibility index (Phi) is 7.74. The first-order valence-corrected chi connectivity index (χ1v) is 8.36. The molecule has 1 aliphatic heterocycles. The molecule has 2 rings (SSSR count). The van der Waals surface area contributed by atoms with E-state index in [1.54, 1.807) is 11.3 Å². The number of carbonyl (C=O) groups is 1. The van der Waals surface area contributed by atoms with Crippen LogP contribution < -0.4 is 11.1 Å². The molecular weight excluding hydrogens is 411 g/mol. The second-order valence-corrected chi connectivity index (χ2v) is 7.87. The van der Waals surface area contributed by atoms with Gasteiger partial charge in [-0.15, -0.1) is 23.7 Å². The minimum atomic E-state index is -0.415. The Balaban J connectivity index is 0.00000200. The fourth-order valence-corrected chi connectivity index (χ4v) is 4.01. The van der Waals surface area contributed by atoms with Gasteiger partial charge in [-0.3, -0.25) is 4.79 Å². The van der Waals surface area contributed by atoms with E-state index in [-0.39, 0.29) is 18.3 Å². The normalized spacial score (nSPS) is 17.3. The molecule has 0 spiro atoms. The van der Waals surface area contributed by atoms with E-state index >= 15 is 0 Å². The third-order valence-corrected chi connectivity index (χ3v) is 5.56. The summed E-state index contributed by atoms with van der Waals surface area (Å²) < 4.78 is 6.60. The largest absolute Gasteiger partial charge is 0.381 e. The van der Waals surface area contributed by atoms with E-state index in [0.29, 0.717) is 26.3 Å². The van der Waals surface area contributed by atoms with Gasteiger partial charge in [0, 0.05) is 31.2 Å². The molecule has 3 N–H and O–H groups in total. The molecule has 0 saturated carbocycles. The van der Waals surface area contributed by atoms with Crippen molar-refractivity contribution in [1.82, 2.24) is 5.32 Å². The van der Waals surface area contributed by atoms with Crippen LogP contribution in [0.15, 0.2) is 12.1 Å². The lowest BCUT2D eigenvalue weighted by molar-refractivity contribution is -0.135. The number of nitrogens with one attached hydrogen (secondary N) is 1. The van der Waals surface area contributed by atoms with Gasteiger partial charge in [-0.05, 0) is 54.0 Å². The van der Waals surface area contributed by atoms with Crippen molar-refractivity contribution in [2.24, 2.45) is 11.1 Å². The van der Waals surface area contributed by atoms with Crippen LogP contribution in [0.3, 0.4) is 0 Å². The van der Waals surface area contributed by atoms with Crippen molar-refractivity contribution in [2.45, 2.75) is 19.3 Å². The van der Waals surface area contributed by atoms with Crippen LogP contribution in [-0.2, 0) is 16.0 Å². The second-order valence-electron chi connectivity index (χ2n) is 4.81. The van der Waals surface area contributed by atoms with Crippen LogP contribution in [0.4, 0.5) is 0 Å². The first-order valence-electron chi connectivity index (χ1n) is 6.47. The van der Waals surface area contributed by atoms with Gasteiger partial charge < -0.3 is 15.8 Å². The number of carbonyl (C=O) groups excluding carboxylic acids is 1. The maximum Gasteiger partial charge on any atom is 0.227 e. The molecule has 1 aliphatic rings. The Morgan fingerprint density at radius 2 is 2.15 bits per heavy atom. The third kappa shape index (κ3) is 4.56. The van der Waals surface area contributed by atoms with E-state index in [9.17, 15) is 4.79 Å². The molecule has 0 aromatic carbocycles. The van der Waals surface area contributed by atoms with E-state index in [4.69, 9.17) is 10.5 Å². The van der Waals surface area contributed by atoms with Gasteiger partial charge in [-0.1, -0.05) is 0 Å². The number of hydrogen-bond donors (Lipinski definition) is 2. The van der Waals surface area contributed by atoms with E-state index in [1.807, 2.05) is 0 Å². The highest BCUT2D eigenvalue weighted by Crippen LogP contribution is 2.29. The predicted molar refractivity (Wildman–Crippen MR) is 92.5 cm³/mol. The Labute approximate surface area is 143 Å². The lowest BCUT2D eigenvalue weighted by Gasteiger charge is -2.34. The summed E-state index contributed by atoms with van der Waals surface area (Å²) in [5.74, 6) is 0.0875. The van der Waals surface area contributed by atoms with Gasteiger partial charge >= 0.3 is 0 Å². The second kappa shape index (κ2) is 8.53. The molecule has 0 aliphatic carbocycles. The Hall–Kier alpha value is 0.110. The molecule has 1 fully saturated rings. The number of ether oxygens (including phenoxy) is 1. The fourth-order valence-electron chi connectivity index (χ4n) is 2.26. The summed E-state index contributed by atoms with van der Waals surface area (Å²) >= 11 is 4.08. The van der Waals surface area contributed by atoms with Gasteiger partial charge in [0.2, 0.25) is 5.91 Å². The summed E-state index contributed by atoms with van der Waals surface area (Å²) in [4.78, 5) is 13.6. The van der Waals surface area contributed by atoms with E-state index in [0.717, 1.165) is 19.3 Å². The van der Waals surface area contributed by atoms with Gasteiger partial charge in [0.05, 0.1) is 8.30 Å². The SMILES string of the molecule is Cl.NCC1(C(=O)NCCc2ccc(I)s2)CCOCC1. The molecule has 0 unspecified atom stereocenters. The van der Waals surface area contributed by atoms with E-state index < -0.39 is 5.41 Å². The van der Waals surface area contributed by atoms with Gasteiger partial charge in [0.1, 0.15) is 0 Å². The average molecular weight is 431 g/mol. The molecule has 7 heteroatoms. The summed E-state index contributed by atoms with van der Waals surface area (Å²) in [6.07, 6.45) is 2.34. The van der Waals surface area contributed by atoms with Crippen LogP contribution in [0.1, 0.15) is 17.7 Å². The molecule has 1 amide bonds. The Bertz CT molecular complexity index is 436. The number of halogens is 2. The number of hydrogen-bond acceptors (Lipinski definition) is 4. The van der Waals surface area contributed by atoms with Crippen molar-refractivity contribution in [3.63, 3.8) is 0 Å². The number of amides is 1. The van der Waals surface area contributed by atoms with Crippen molar-refractivity contribution in [1.29, 1.82) is 0 Å². The fraction of sp³-hybridized carbons (Fsp3) is 0.615. The van der Waals surface area contributed by atoms with Crippen molar-refractivity contribution in [3.8, 4) is 0 Å². The first-order chi connectivity index (χ1) is 9.16. The Morgan fingerprint density at radius 1 is 1.45 bits per heavy atom. The zero-order chi connectivity index (χ0) is 13.7. The highest BCUT2D eigenvalue weighted by atomic mass is 127. The Morgan fingerprint density at radius 3 is 2.70 bits per heavy atom. The summed E-state index contributed by atoms with van der Waals surface area (Å²) in [6.45, 7) is 2.35. The number of nitrogens with two attached hydrogens (primary N) is 1. The minimum Gasteiger partial charge on any atom is -0.381 e. The van der Waals surface area contributed by atoms with Crippen LogP contribution >= 0.6 is 46.3 Å².